The Balaban J connectivity index is 1.82. The lowest BCUT2D eigenvalue weighted by atomic mass is 9.87. The number of hydrogen-bond donors (Lipinski definition) is 0. The molecule has 108 valence electrons. The number of aliphatic imine (C=N–C) groups is 1. The number of benzene rings is 1. The van der Waals surface area contributed by atoms with Gasteiger partial charge < -0.3 is 4.74 Å². The Labute approximate surface area is 129 Å². The van der Waals surface area contributed by atoms with Crippen molar-refractivity contribution in [2.75, 3.05) is 0 Å². The van der Waals surface area contributed by atoms with Gasteiger partial charge in [-0.25, -0.2) is 0 Å². The summed E-state index contributed by atoms with van der Waals surface area (Å²) >= 11 is 6.33. The van der Waals surface area contributed by atoms with Gasteiger partial charge in [0.1, 0.15) is 11.5 Å². The first-order chi connectivity index (χ1) is 9.93. The average molecular weight is 303 g/mol. The fraction of sp³-hybridized carbons (Fsp3) is 0.312. The zero-order valence-corrected chi connectivity index (χ0v) is 13.0. The highest BCUT2D eigenvalue weighted by Crippen LogP contribution is 2.32. The second-order valence-corrected chi connectivity index (χ2v) is 6.46. The standard InChI is InChI=1S/C16H17ClN3O/c1-16(2,3)11-4-5-14(13(17)8-11)21-12-6-7-20-15(9-12)18-10-19-20/h4-10,15H,1-3H3/q+1. The van der Waals surface area contributed by atoms with E-state index in [0.29, 0.717) is 10.8 Å². The molecule has 0 saturated carbocycles. The maximum absolute atomic E-state index is 6.33. The van der Waals surface area contributed by atoms with Gasteiger partial charge in [-0.3, -0.25) is 0 Å². The second-order valence-electron chi connectivity index (χ2n) is 6.06. The molecule has 0 aliphatic carbocycles. The number of azo groups is 2. The van der Waals surface area contributed by atoms with Crippen LogP contribution < -0.4 is 4.74 Å². The molecule has 0 N–H and O–H groups in total. The van der Waals surface area contributed by atoms with Gasteiger partial charge in [-0.15, -0.1) is 0 Å². The molecule has 5 heteroatoms. The van der Waals surface area contributed by atoms with Crippen LogP contribution in [0.25, 0.3) is 0 Å². The van der Waals surface area contributed by atoms with E-state index in [9.17, 15) is 0 Å². The van der Waals surface area contributed by atoms with E-state index in [4.69, 9.17) is 16.3 Å². The van der Waals surface area contributed by atoms with Gasteiger partial charge in [0.15, 0.2) is 6.34 Å². The van der Waals surface area contributed by atoms with Crippen LogP contribution in [-0.4, -0.2) is 17.2 Å². The van der Waals surface area contributed by atoms with E-state index in [1.165, 1.54) is 5.56 Å². The molecule has 2 aliphatic rings. The Morgan fingerprint density at radius 1 is 1.29 bits per heavy atom. The summed E-state index contributed by atoms with van der Waals surface area (Å²) < 4.78 is 7.62. The molecule has 0 fully saturated rings. The molecule has 2 aliphatic heterocycles. The summed E-state index contributed by atoms with van der Waals surface area (Å²) in [6.45, 7) is 6.46. The predicted octanol–water partition coefficient (Wildman–Crippen LogP) is 4.26. The Bertz CT molecular complexity index is 696. The monoisotopic (exact) mass is 302 g/mol. The van der Waals surface area contributed by atoms with Crippen molar-refractivity contribution < 1.29 is 9.43 Å². The van der Waals surface area contributed by atoms with E-state index >= 15 is 0 Å². The SMILES string of the molecule is CC(C)(C)c1ccc(OC2=CC3N=CN=[N+]3C=C2)c(Cl)c1. The summed E-state index contributed by atoms with van der Waals surface area (Å²) in [7, 11) is 0. The van der Waals surface area contributed by atoms with Crippen molar-refractivity contribution in [2.24, 2.45) is 10.1 Å². The molecule has 3 rings (SSSR count). The van der Waals surface area contributed by atoms with Gasteiger partial charge >= 0.3 is 6.17 Å². The van der Waals surface area contributed by atoms with Crippen LogP contribution in [0.1, 0.15) is 26.3 Å². The highest BCUT2D eigenvalue weighted by atomic mass is 35.5. The number of ether oxygens (including phenoxy) is 1. The predicted molar refractivity (Wildman–Crippen MR) is 83.0 cm³/mol. The van der Waals surface area contributed by atoms with Crippen molar-refractivity contribution in [1.82, 2.24) is 0 Å². The largest absolute Gasteiger partial charge is 0.456 e. The van der Waals surface area contributed by atoms with Gasteiger partial charge in [0, 0.05) is 11.2 Å². The van der Waals surface area contributed by atoms with Gasteiger partial charge in [-0.1, -0.05) is 43.1 Å². The van der Waals surface area contributed by atoms with Crippen LogP contribution in [0, 0.1) is 0 Å². The number of nitrogens with zero attached hydrogens (tertiary/aromatic N) is 3. The third-order valence-electron chi connectivity index (χ3n) is 3.41. The zero-order chi connectivity index (χ0) is 15.0. The number of halogens is 1. The maximum atomic E-state index is 6.33. The number of allylic oxidation sites excluding steroid dienone is 1. The Morgan fingerprint density at radius 2 is 2.10 bits per heavy atom. The quantitative estimate of drug-likeness (QED) is 0.752. The van der Waals surface area contributed by atoms with E-state index in [-0.39, 0.29) is 11.6 Å². The highest BCUT2D eigenvalue weighted by Gasteiger charge is 2.26. The van der Waals surface area contributed by atoms with Gasteiger partial charge in [0.25, 0.3) is 0 Å². The summed E-state index contributed by atoms with van der Waals surface area (Å²) in [6, 6.07) is 5.91. The number of fused-ring (bicyclic) bond motifs is 1. The molecule has 0 radical (unpaired) electrons. The Hall–Kier alpha value is -1.94. The van der Waals surface area contributed by atoms with Crippen LogP contribution in [-0.2, 0) is 5.41 Å². The van der Waals surface area contributed by atoms with E-state index < -0.39 is 0 Å². The minimum atomic E-state index is -0.113. The third kappa shape index (κ3) is 2.90. The molecule has 0 bridgehead atoms. The normalized spacial score (nSPS) is 20.1. The molecular formula is C16H17ClN3O+. The lowest BCUT2D eigenvalue weighted by Gasteiger charge is -2.20. The smallest absolute Gasteiger partial charge is 0.301 e. The van der Waals surface area contributed by atoms with Crippen molar-refractivity contribution in [3.05, 3.63) is 52.9 Å². The minimum Gasteiger partial charge on any atom is -0.456 e. The van der Waals surface area contributed by atoms with Crippen LogP contribution in [0.4, 0.5) is 0 Å². The first-order valence-electron chi connectivity index (χ1n) is 6.82. The lowest BCUT2D eigenvalue weighted by molar-refractivity contribution is -0.542. The first-order valence-corrected chi connectivity index (χ1v) is 7.20. The molecule has 1 aromatic carbocycles. The highest BCUT2D eigenvalue weighted by molar-refractivity contribution is 6.32. The van der Waals surface area contributed by atoms with Crippen LogP contribution in [0.15, 0.2) is 52.4 Å². The Kier molecular flexibility index (Phi) is 3.41. The molecular weight excluding hydrogens is 286 g/mol. The fourth-order valence-electron chi connectivity index (χ4n) is 2.14. The lowest BCUT2D eigenvalue weighted by Crippen LogP contribution is -2.17. The van der Waals surface area contributed by atoms with Gasteiger partial charge in [-0.05, 0) is 23.1 Å². The van der Waals surface area contributed by atoms with E-state index in [2.05, 4.69) is 30.9 Å². The zero-order valence-electron chi connectivity index (χ0n) is 12.2. The molecule has 1 unspecified atom stereocenters. The summed E-state index contributed by atoms with van der Waals surface area (Å²) in [5, 5.41) is 4.69. The first kappa shape index (κ1) is 14.0. The van der Waals surface area contributed by atoms with E-state index in [1.807, 2.05) is 36.6 Å². The average Bonchev–Trinajstić information content (AvgIpc) is 2.87. The topological polar surface area (TPSA) is 37.0 Å². The molecule has 2 heterocycles. The van der Waals surface area contributed by atoms with Crippen LogP contribution >= 0.6 is 11.6 Å². The third-order valence-corrected chi connectivity index (χ3v) is 3.70. The van der Waals surface area contributed by atoms with Crippen molar-refractivity contribution in [1.29, 1.82) is 0 Å². The molecule has 4 nitrogen and oxygen atoms in total. The Morgan fingerprint density at radius 3 is 2.81 bits per heavy atom. The molecule has 0 saturated heterocycles. The fourth-order valence-corrected chi connectivity index (χ4v) is 2.36. The van der Waals surface area contributed by atoms with E-state index in [1.54, 1.807) is 11.0 Å². The van der Waals surface area contributed by atoms with Crippen LogP contribution in [0.5, 0.6) is 5.75 Å². The summed E-state index contributed by atoms with van der Waals surface area (Å²) in [4.78, 5) is 4.21. The summed E-state index contributed by atoms with van der Waals surface area (Å²) in [6.07, 6.45) is 7.02. The summed E-state index contributed by atoms with van der Waals surface area (Å²) in [5.74, 6) is 1.36. The molecule has 1 aromatic rings. The van der Waals surface area contributed by atoms with Crippen molar-refractivity contribution in [3.8, 4) is 5.75 Å². The number of hydrogen-bond acceptors (Lipinski definition) is 3. The second kappa shape index (κ2) is 5.11. The molecule has 0 aromatic heterocycles. The van der Waals surface area contributed by atoms with Gasteiger partial charge in [-0.2, -0.15) is 4.99 Å². The van der Waals surface area contributed by atoms with Crippen LogP contribution in [0.3, 0.4) is 0 Å². The van der Waals surface area contributed by atoms with E-state index in [0.717, 1.165) is 5.76 Å². The molecule has 0 spiro atoms. The van der Waals surface area contributed by atoms with Crippen LogP contribution in [0.2, 0.25) is 5.02 Å². The number of rotatable bonds is 2. The van der Waals surface area contributed by atoms with Gasteiger partial charge in [0.2, 0.25) is 6.20 Å². The van der Waals surface area contributed by atoms with Gasteiger partial charge in [0.05, 0.1) is 11.1 Å². The van der Waals surface area contributed by atoms with Crippen molar-refractivity contribution in [3.63, 3.8) is 0 Å². The minimum absolute atomic E-state index is 0.0622. The summed E-state index contributed by atoms with van der Waals surface area (Å²) in [5.41, 5.74) is 1.24. The van der Waals surface area contributed by atoms with Crippen molar-refractivity contribution >= 4 is 17.9 Å². The molecule has 1 atom stereocenters. The molecule has 0 amide bonds. The molecule has 21 heavy (non-hydrogen) atoms. The van der Waals surface area contributed by atoms with Crippen molar-refractivity contribution in [2.45, 2.75) is 32.4 Å². The maximum Gasteiger partial charge on any atom is 0.301 e.